The number of nitrogens with zero attached hydrogens (tertiary/aromatic N) is 1. The van der Waals surface area contributed by atoms with Gasteiger partial charge in [-0.1, -0.05) is 0 Å². The zero-order chi connectivity index (χ0) is 13.7. The van der Waals surface area contributed by atoms with Crippen LogP contribution in [0.25, 0.3) is 0 Å². The molecule has 1 aromatic heterocycles. The number of aromatic nitrogens is 1. The van der Waals surface area contributed by atoms with Gasteiger partial charge in [-0.25, -0.2) is 9.78 Å². The minimum Gasteiger partial charge on any atom is -0.480 e. The first-order chi connectivity index (χ1) is 8.45. The van der Waals surface area contributed by atoms with Crippen LogP contribution in [-0.4, -0.2) is 45.8 Å². The van der Waals surface area contributed by atoms with E-state index in [1.165, 1.54) is 23.6 Å². The van der Waals surface area contributed by atoms with Crippen LogP contribution in [0.5, 0.6) is 0 Å². The van der Waals surface area contributed by atoms with E-state index in [2.05, 4.69) is 10.3 Å². The average Bonchev–Trinajstić information content (AvgIpc) is 2.73. The van der Waals surface area contributed by atoms with Crippen molar-refractivity contribution in [2.24, 2.45) is 5.73 Å². The molecule has 0 spiro atoms. The standard InChI is InChI=1S/C10H15N3O4S/c1-5(14)8(10(16)17)13-9(15)6-4-18-7(12-6)2-3-11/h4-5,8,14H,2-3,11H2,1H3,(H,13,15)(H,16,17). The van der Waals surface area contributed by atoms with Crippen LogP contribution in [0.2, 0.25) is 0 Å². The van der Waals surface area contributed by atoms with Crippen LogP contribution in [0.3, 0.4) is 0 Å². The summed E-state index contributed by atoms with van der Waals surface area (Å²) < 4.78 is 0. The highest BCUT2D eigenvalue weighted by atomic mass is 32.1. The molecule has 1 rings (SSSR count). The van der Waals surface area contributed by atoms with Crippen molar-refractivity contribution in [3.8, 4) is 0 Å². The molecule has 0 bridgehead atoms. The number of aliphatic carboxylic acids is 1. The Morgan fingerprint density at radius 3 is 2.78 bits per heavy atom. The van der Waals surface area contributed by atoms with Crippen molar-refractivity contribution < 1.29 is 19.8 Å². The molecular formula is C10H15N3O4S. The Labute approximate surface area is 108 Å². The largest absolute Gasteiger partial charge is 0.480 e. The third kappa shape index (κ3) is 3.76. The molecule has 1 aromatic rings. The molecule has 0 saturated heterocycles. The molecule has 0 aliphatic heterocycles. The van der Waals surface area contributed by atoms with Crippen molar-refractivity contribution in [1.82, 2.24) is 10.3 Å². The number of nitrogens with one attached hydrogen (secondary N) is 1. The molecule has 18 heavy (non-hydrogen) atoms. The molecule has 0 aliphatic carbocycles. The Morgan fingerprint density at radius 1 is 1.61 bits per heavy atom. The number of rotatable bonds is 6. The summed E-state index contributed by atoms with van der Waals surface area (Å²) in [6.45, 7) is 1.72. The summed E-state index contributed by atoms with van der Waals surface area (Å²) in [4.78, 5) is 26.5. The first-order valence-corrected chi connectivity index (χ1v) is 6.20. The van der Waals surface area contributed by atoms with Crippen LogP contribution in [0.4, 0.5) is 0 Å². The second kappa shape index (κ2) is 6.43. The smallest absolute Gasteiger partial charge is 0.328 e. The summed E-state index contributed by atoms with van der Waals surface area (Å²) >= 11 is 1.28. The van der Waals surface area contributed by atoms with Crippen LogP contribution in [0.15, 0.2) is 5.38 Å². The van der Waals surface area contributed by atoms with E-state index in [9.17, 15) is 14.7 Å². The Kier molecular flexibility index (Phi) is 5.20. The molecule has 0 aromatic carbocycles. The van der Waals surface area contributed by atoms with Crippen molar-refractivity contribution in [3.05, 3.63) is 16.1 Å². The van der Waals surface area contributed by atoms with E-state index in [-0.39, 0.29) is 5.69 Å². The third-order valence-electron chi connectivity index (χ3n) is 2.18. The Morgan fingerprint density at radius 2 is 2.28 bits per heavy atom. The summed E-state index contributed by atoms with van der Waals surface area (Å²) in [7, 11) is 0. The van der Waals surface area contributed by atoms with Gasteiger partial charge in [0.1, 0.15) is 5.69 Å². The summed E-state index contributed by atoms with van der Waals surface area (Å²) in [6.07, 6.45) is -0.620. The third-order valence-corrected chi connectivity index (χ3v) is 3.09. The van der Waals surface area contributed by atoms with Gasteiger partial charge < -0.3 is 21.3 Å². The Bertz CT molecular complexity index is 433. The van der Waals surface area contributed by atoms with E-state index in [0.717, 1.165) is 0 Å². The number of amides is 1. The van der Waals surface area contributed by atoms with Gasteiger partial charge in [0.15, 0.2) is 6.04 Å². The predicted octanol–water partition coefficient (Wildman–Crippen LogP) is -0.792. The predicted molar refractivity (Wildman–Crippen MR) is 65.4 cm³/mol. The minimum atomic E-state index is -1.35. The number of carboxylic acids is 1. The van der Waals surface area contributed by atoms with Crippen molar-refractivity contribution in [2.75, 3.05) is 6.54 Å². The molecule has 7 nitrogen and oxygen atoms in total. The van der Waals surface area contributed by atoms with Gasteiger partial charge in [0.2, 0.25) is 0 Å². The molecule has 0 aliphatic rings. The van der Waals surface area contributed by atoms with E-state index in [1.807, 2.05) is 0 Å². The Balaban J connectivity index is 2.71. The molecule has 1 heterocycles. The first kappa shape index (κ1) is 14.6. The molecule has 5 N–H and O–H groups in total. The number of aliphatic hydroxyl groups excluding tert-OH is 1. The number of hydrogen-bond acceptors (Lipinski definition) is 6. The lowest BCUT2D eigenvalue weighted by Gasteiger charge is -2.16. The molecule has 0 radical (unpaired) electrons. The topological polar surface area (TPSA) is 126 Å². The van der Waals surface area contributed by atoms with Crippen molar-refractivity contribution in [3.63, 3.8) is 0 Å². The fourth-order valence-corrected chi connectivity index (χ4v) is 2.05. The number of carbonyl (C=O) groups is 2. The fraction of sp³-hybridized carbons (Fsp3) is 0.500. The van der Waals surface area contributed by atoms with E-state index in [4.69, 9.17) is 10.8 Å². The molecule has 8 heteroatoms. The van der Waals surface area contributed by atoms with Crippen LogP contribution < -0.4 is 11.1 Å². The molecule has 100 valence electrons. The maximum atomic E-state index is 11.7. The highest BCUT2D eigenvalue weighted by molar-refractivity contribution is 7.09. The summed E-state index contributed by atoms with van der Waals surface area (Å²) in [5.74, 6) is -1.92. The molecule has 2 unspecified atom stereocenters. The van der Waals surface area contributed by atoms with Gasteiger partial charge in [0.05, 0.1) is 11.1 Å². The second-order valence-corrected chi connectivity index (χ2v) is 4.64. The molecule has 0 fully saturated rings. The number of hydrogen-bond donors (Lipinski definition) is 4. The van der Waals surface area contributed by atoms with Crippen LogP contribution in [0, 0.1) is 0 Å². The van der Waals surface area contributed by atoms with Gasteiger partial charge >= 0.3 is 5.97 Å². The van der Waals surface area contributed by atoms with Gasteiger partial charge in [-0.15, -0.1) is 11.3 Å². The maximum absolute atomic E-state index is 11.7. The molecule has 1 amide bonds. The lowest BCUT2D eigenvalue weighted by molar-refractivity contribution is -0.141. The summed E-state index contributed by atoms with van der Waals surface area (Å²) in [5, 5.41) is 22.5. The maximum Gasteiger partial charge on any atom is 0.328 e. The van der Waals surface area contributed by atoms with E-state index < -0.39 is 24.0 Å². The number of nitrogens with two attached hydrogens (primary N) is 1. The minimum absolute atomic E-state index is 0.135. The highest BCUT2D eigenvalue weighted by Gasteiger charge is 2.26. The quantitative estimate of drug-likeness (QED) is 0.538. The van der Waals surface area contributed by atoms with Gasteiger partial charge in [-0.2, -0.15) is 0 Å². The molecular weight excluding hydrogens is 258 g/mol. The van der Waals surface area contributed by atoms with E-state index in [1.54, 1.807) is 0 Å². The average molecular weight is 273 g/mol. The molecule has 0 saturated carbocycles. The lowest BCUT2D eigenvalue weighted by atomic mass is 10.2. The highest BCUT2D eigenvalue weighted by Crippen LogP contribution is 2.10. The number of carbonyl (C=O) groups excluding carboxylic acids is 1. The number of carboxylic acid groups (broad SMARTS) is 1. The summed E-state index contributed by atoms with van der Waals surface area (Å²) in [5.41, 5.74) is 5.50. The normalized spacial score (nSPS) is 13.9. The van der Waals surface area contributed by atoms with E-state index in [0.29, 0.717) is 18.0 Å². The SMILES string of the molecule is CC(O)C(NC(=O)c1csc(CCN)n1)C(=O)O. The van der Waals surface area contributed by atoms with Gasteiger partial charge in [0, 0.05) is 11.8 Å². The van der Waals surface area contributed by atoms with Gasteiger partial charge in [-0.05, 0) is 13.5 Å². The zero-order valence-electron chi connectivity index (χ0n) is 9.79. The lowest BCUT2D eigenvalue weighted by Crippen LogP contribution is -2.47. The van der Waals surface area contributed by atoms with Crippen molar-refractivity contribution in [2.45, 2.75) is 25.5 Å². The van der Waals surface area contributed by atoms with Crippen LogP contribution in [0.1, 0.15) is 22.4 Å². The first-order valence-electron chi connectivity index (χ1n) is 5.32. The molecule has 2 atom stereocenters. The second-order valence-electron chi connectivity index (χ2n) is 3.70. The van der Waals surface area contributed by atoms with Gasteiger partial charge in [0.25, 0.3) is 5.91 Å². The van der Waals surface area contributed by atoms with E-state index >= 15 is 0 Å². The van der Waals surface area contributed by atoms with Crippen LogP contribution >= 0.6 is 11.3 Å². The van der Waals surface area contributed by atoms with Crippen molar-refractivity contribution in [1.29, 1.82) is 0 Å². The number of thiazole rings is 1. The van der Waals surface area contributed by atoms with Crippen LogP contribution in [-0.2, 0) is 11.2 Å². The zero-order valence-corrected chi connectivity index (χ0v) is 10.6. The Hall–Kier alpha value is -1.51. The van der Waals surface area contributed by atoms with Gasteiger partial charge in [-0.3, -0.25) is 4.79 Å². The number of aliphatic hydroxyl groups is 1. The monoisotopic (exact) mass is 273 g/mol. The fourth-order valence-electron chi connectivity index (χ4n) is 1.26. The van der Waals surface area contributed by atoms with Crippen molar-refractivity contribution >= 4 is 23.2 Å². The summed E-state index contributed by atoms with van der Waals surface area (Å²) in [6, 6.07) is -1.35.